The third kappa shape index (κ3) is 5.44. The maximum Gasteiger partial charge on any atom is 0.416 e. The molecule has 13 heteroatoms. The predicted octanol–water partition coefficient (Wildman–Crippen LogP) is 4.71. The molecule has 1 atom stereocenters. The largest absolute Gasteiger partial charge is 0.433 e. The molecule has 36 heavy (non-hydrogen) atoms. The van der Waals surface area contributed by atoms with Gasteiger partial charge in [0.1, 0.15) is 23.1 Å². The first kappa shape index (κ1) is 25.1. The molecule has 2 aromatic heterocycles. The van der Waals surface area contributed by atoms with Crippen LogP contribution in [-0.2, 0) is 19.3 Å². The van der Waals surface area contributed by atoms with Crippen LogP contribution in [0.15, 0.2) is 36.5 Å². The van der Waals surface area contributed by atoms with Gasteiger partial charge < -0.3 is 20.7 Å². The standard InChI is InChI=1S/C23H21F5N6O2/c1-11(13-5-14(23(26,27)28)7-15(29)6-13)31-20-17-9-34(10-19(17)32-12(2)33-20)21(35)18-4-3-16(8-30-18)36-22(24)25/h3-8,11,22H,9-10,29H2,1-2H3,(H,31,32,33)/t11-/m1/s1. The van der Waals surface area contributed by atoms with E-state index in [0.29, 0.717) is 28.5 Å². The zero-order chi connectivity index (χ0) is 26.2. The summed E-state index contributed by atoms with van der Waals surface area (Å²) in [5.74, 6) is 0.153. The Kier molecular flexibility index (Phi) is 6.65. The van der Waals surface area contributed by atoms with Crippen LogP contribution in [0.5, 0.6) is 5.75 Å². The fourth-order valence-electron chi connectivity index (χ4n) is 3.86. The first-order valence-electron chi connectivity index (χ1n) is 10.7. The number of hydrogen-bond donors (Lipinski definition) is 2. The van der Waals surface area contributed by atoms with E-state index in [0.717, 1.165) is 18.3 Å². The number of pyridine rings is 1. The SMILES string of the molecule is Cc1nc2c(c(N[C@H](C)c3cc(N)cc(C(F)(F)F)c3)n1)CN(C(=O)c1ccc(OC(F)F)cn1)C2. The molecule has 1 aromatic carbocycles. The number of ether oxygens (including phenoxy) is 1. The summed E-state index contributed by atoms with van der Waals surface area (Å²) in [5.41, 5.74) is 6.34. The number of nitrogens with one attached hydrogen (secondary N) is 1. The second-order valence-electron chi connectivity index (χ2n) is 8.22. The van der Waals surface area contributed by atoms with Crippen molar-refractivity contribution in [3.8, 4) is 5.75 Å². The molecule has 3 N–H and O–H groups in total. The lowest BCUT2D eigenvalue weighted by Crippen LogP contribution is -2.26. The lowest BCUT2D eigenvalue weighted by atomic mass is 10.0. The highest BCUT2D eigenvalue weighted by molar-refractivity contribution is 5.92. The fraction of sp³-hybridized carbons (Fsp3) is 0.304. The van der Waals surface area contributed by atoms with E-state index in [9.17, 15) is 26.7 Å². The molecule has 0 radical (unpaired) electrons. The quantitative estimate of drug-likeness (QED) is 0.367. The Balaban J connectivity index is 1.54. The van der Waals surface area contributed by atoms with Gasteiger partial charge >= 0.3 is 12.8 Å². The minimum Gasteiger partial charge on any atom is -0.433 e. The molecular weight excluding hydrogens is 487 g/mol. The van der Waals surface area contributed by atoms with E-state index in [1.807, 2.05) is 0 Å². The van der Waals surface area contributed by atoms with Crippen molar-refractivity contribution in [2.24, 2.45) is 0 Å². The molecule has 8 nitrogen and oxygen atoms in total. The first-order chi connectivity index (χ1) is 16.9. The third-order valence-electron chi connectivity index (χ3n) is 5.52. The van der Waals surface area contributed by atoms with Crippen molar-refractivity contribution in [1.29, 1.82) is 0 Å². The van der Waals surface area contributed by atoms with Gasteiger partial charge in [-0.2, -0.15) is 22.0 Å². The van der Waals surface area contributed by atoms with Gasteiger partial charge in [0.15, 0.2) is 0 Å². The van der Waals surface area contributed by atoms with Crippen LogP contribution >= 0.6 is 0 Å². The van der Waals surface area contributed by atoms with Crippen molar-refractivity contribution in [2.75, 3.05) is 11.1 Å². The van der Waals surface area contributed by atoms with Crippen LogP contribution in [0.1, 0.15) is 51.7 Å². The van der Waals surface area contributed by atoms with Crippen molar-refractivity contribution in [1.82, 2.24) is 19.9 Å². The molecule has 0 unspecified atom stereocenters. The average molecular weight is 508 g/mol. The summed E-state index contributed by atoms with van der Waals surface area (Å²) in [6.07, 6.45) is -3.52. The number of carbonyl (C=O) groups is 1. The van der Waals surface area contributed by atoms with Crippen molar-refractivity contribution in [3.63, 3.8) is 0 Å². The molecule has 4 rings (SSSR count). The van der Waals surface area contributed by atoms with Gasteiger partial charge in [0.25, 0.3) is 5.91 Å². The average Bonchev–Trinajstić information content (AvgIpc) is 3.22. The minimum absolute atomic E-state index is 0.0215. The van der Waals surface area contributed by atoms with E-state index in [2.05, 4.69) is 25.0 Å². The number of rotatable bonds is 6. The number of halogens is 5. The topological polar surface area (TPSA) is 106 Å². The number of benzene rings is 1. The molecule has 1 aliphatic heterocycles. The van der Waals surface area contributed by atoms with Crippen LogP contribution in [0.25, 0.3) is 0 Å². The number of anilines is 2. The summed E-state index contributed by atoms with van der Waals surface area (Å²) in [4.78, 5) is 27.1. The number of nitrogens with zero attached hydrogens (tertiary/aromatic N) is 4. The zero-order valence-corrected chi connectivity index (χ0v) is 19.1. The molecule has 0 spiro atoms. The van der Waals surface area contributed by atoms with Crippen LogP contribution in [0.2, 0.25) is 0 Å². The van der Waals surface area contributed by atoms with Crippen LogP contribution in [0, 0.1) is 6.92 Å². The summed E-state index contributed by atoms with van der Waals surface area (Å²) >= 11 is 0. The Morgan fingerprint density at radius 1 is 1.17 bits per heavy atom. The number of nitrogens with two attached hydrogens (primary N) is 1. The molecule has 0 fully saturated rings. The molecule has 1 aliphatic rings. The number of aryl methyl sites for hydroxylation is 1. The van der Waals surface area contributed by atoms with Gasteiger partial charge in [-0.25, -0.2) is 15.0 Å². The maximum absolute atomic E-state index is 13.2. The maximum atomic E-state index is 13.2. The minimum atomic E-state index is -4.55. The molecule has 0 saturated heterocycles. The number of carbonyl (C=O) groups excluding carboxylic acids is 1. The van der Waals surface area contributed by atoms with E-state index >= 15 is 0 Å². The van der Waals surface area contributed by atoms with E-state index in [1.165, 1.54) is 23.1 Å². The Morgan fingerprint density at radius 3 is 2.56 bits per heavy atom. The third-order valence-corrected chi connectivity index (χ3v) is 5.52. The van der Waals surface area contributed by atoms with E-state index in [-0.39, 0.29) is 30.2 Å². The lowest BCUT2D eigenvalue weighted by Gasteiger charge is -2.19. The van der Waals surface area contributed by atoms with Crippen molar-refractivity contribution in [2.45, 2.75) is 45.8 Å². The van der Waals surface area contributed by atoms with Crippen molar-refractivity contribution < 1.29 is 31.5 Å². The normalized spacial score (nSPS) is 14.1. The predicted molar refractivity (Wildman–Crippen MR) is 119 cm³/mol. The first-order valence-corrected chi connectivity index (χ1v) is 10.7. The van der Waals surface area contributed by atoms with Crippen LogP contribution in [0.4, 0.5) is 33.5 Å². The second kappa shape index (κ2) is 9.55. The summed E-state index contributed by atoms with van der Waals surface area (Å²) in [6.45, 7) is 0.582. The monoisotopic (exact) mass is 508 g/mol. The Morgan fingerprint density at radius 2 is 1.92 bits per heavy atom. The van der Waals surface area contributed by atoms with Gasteiger partial charge in [-0.3, -0.25) is 4.79 Å². The molecule has 190 valence electrons. The summed E-state index contributed by atoms with van der Waals surface area (Å²) < 4.78 is 68.6. The highest BCUT2D eigenvalue weighted by atomic mass is 19.4. The molecule has 0 aliphatic carbocycles. The van der Waals surface area contributed by atoms with Gasteiger partial charge in [0, 0.05) is 11.3 Å². The van der Waals surface area contributed by atoms with E-state index < -0.39 is 30.3 Å². The number of aromatic nitrogens is 3. The highest BCUT2D eigenvalue weighted by Gasteiger charge is 2.32. The molecule has 3 heterocycles. The highest BCUT2D eigenvalue weighted by Crippen LogP contribution is 2.34. The smallest absolute Gasteiger partial charge is 0.416 e. The molecule has 3 aromatic rings. The fourth-order valence-corrected chi connectivity index (χ4v) is 3.86. The number of hydrogen-bond acceptors (Lipinski definition) is 7. The van der Waals surface area contributed by atoms with Gasteiger partial charge in [-0.15, -0.1) is 0 Å². The van der Waals surface area contributed by atoms with Crippen molar-refractivity contribution >= 4 is 17.4 Å². The molecule has 0 saturated carbocycles. The Labute approximate surface area is 202 Å². The van der Waals surface area contributed by atoms with Gasteiger partial charge in [-0.1, -0.05) is 0 Å². The van der Waals surface area contributed by atoms with Gasteiger partial charge in [0.05, 0.1) is 36.6 Å². The summed E-state index contributed by atoms with van der Waals surface area (Å²) in [6, 6.07) is 5.23. The number of amides is 1. The zero-order valence-electron chi connectivity index (χ0n) is 19.1. The number of fused-ring (bicyclic) bond motifs is 1. The van der Waals surface area contributed by atoms with Crippen molar-refractivity contribution in [3.05, 3.63) is 70.4 Å². The molecule has 1 amide bonds. The van der Waals surface area contributed by atoms with Gasteiger partial charge in [0.2, 0.25) is 0 Å². The van der Waals surface area contributed by atoms with Crippen LogP contribution < -0.4 is 15.8 Å². The Hall–Kier alpha value is -4.03. The number of nitrogen functional groups attached to an aromatic ring is 1. The van der Waals surface area contributed by atoms with Crippen LogP contribution in [-0.4, -0.2) is 32.4 Å². The van der Waals surface area contributed by atoms with E-state index in [1.54, 1.807) is 13.8 Å². The van der Waals surface area contributed by atoms with Gasteiger partial charge in [-0.05, 0) is 49.7 Å². The van der Waals surface area contributed by atoms with E-state index in [4.69, 9.17) is 5.73 Å². The number of alkyl halides is 5. The second-order valence-corrected chi connectivity index (χ2v) is 8.22. The molecular formula is C23H21F5N6O2. The summed E-state index contributed by atoms with van der Waals surface area (Å²) in [7, 11) is 0. The summed E-state index contributed by atoms with van der Waals surface area (Å²) in [5, 5.41) is 3.11. The molecule has 0 bridgehead atoms. The lowest BCUT2D eigenvalue weighted by molar-refractivity contribution is -0.137. The Bertz CT molecular complexity index is 1280. The van der Waals surface area contributed by atoms with Crippen LogP contribution in [0.3, 0.4) is 0 Å².